The SMILES string of the molecule is CCCCC1c2cccc3cccc(c23)C1(COC)COC. The van der Waals surface area contributed by atoms with Gasteiger partial charge in [-0.1, -0.05) is 56.2 Å². The van der Waals surface area contributed by atoms with Crippen LogP contribution in [0.2, 0.25) is 0 Å². The van der Waals surface area contributed by atoms with E-state index in [1.807, 2.05) is 0 Å². The molecule has 2 nitrogen and oxygen atoms in total. The minimum absolute atomic E-state index is 0.0537. The quantitative estimate of drug-likeness (QED) is 0.740. The van der Waals surface area contributed by atoms with Gasteiger partial charge in [-0.25, -0.2) is 0 Å². The van der Waals surface area contributed by atoms with Gasteiger partial charge in [0.1, 0.15) is 0 Å². The molecule has 0 heterocycles. The van der Waals surface area contributed by atoms with Gasteiger partial charge in [0.25, 0.3) is 0 Å². The van der Waals surface area contributed by atoms with Gasteiger partial charge in [-0.3, -0.25) is 0 Å². The lowest BCUT2D eigenvalue weighted by Crippen LogP contribution is -2.39. The van der Waals surface area contributed by atoms with Gasteiger partial charge in [0.15, 0.2) is 0 Å². The maximum atomic E-state index is 5.67. The van der Waals surface area contributed by atoms with Gasteiger partial charge in [0, 0.05) is 19.6 Å². The summed E-state index contributed by atoms with van der Waals surface area (Å²) in [4.78, 5) is 0. The number of hydrogen-bond acceptors (Lipinski definition) is 2. The highest BCUT2D eigenvalue weighted by Gasteiger charge is 2.47. The molecule has 22 heavy (non-hydrogen) atoms. The molecule has 1 aliphatic rings. The van der Waals surface area contributed by atoms with E-state index < -0.39 is 0 Å². The molecule has 0 amide bonds. The Labute approximate surface area is 133 Å². The molecule has 2 aromatic carbocycles. The molecule has 0 bridgehead atoms. The number of hydrogen-bond donors (Lipinski definition) is 0. The Balaban J connectivity index is 2.20. The molecule has 1 aliphatic carbocycles. The zero-order valence-electron chi connectivity index (χ0n) is 13.9. The summed E-state index contributed by atoms with van der Waals surface area (Å²) in [6, 6.07) is 13.4. The third-order valence-electron chi connectivity index (χ3n) is 5.17. The van der Waals surface area contributed by atoms with Crippen molar-refractivity contribution in [2.45, 2.75) is 37.5 Å². The highest BCUT2D eigenvalue weighted by atomic mass is 16.5. The third kappa shape index (κ3) is 2.26. The Kier molecular flexibility index (Phi) is 4.51. The van der Waals surface area contributed by atoms with E-state index in [0.717, 1.165) is 0 Å². The second kappa shape index (κ2) is 6.39. The molecule has 0 saturated heterocycles. The van der Waals surface area contributed by atoms with Crippen molar-refractivity contribution in [2.24, 2.45) is 0 Å². The van der Waals surface area contributed by atoms with Crippen LogP contribution in [0.3, 0.4) is 0 Å². The lowest BCUT2D eigenvalue weighted by molar-refractivity contribution is 0.0450. The average molecular weight is 298 g/mol. The van der Waals surface area contributed by atoms with Crippen molar-refractivity contribution in [3.05, 3.63) is 47.5 Å². The highest BCUT2D eigenvalue weighted by molar-refractivity contribution is 5.93. The van der Waals surface area contributed by atoms with E-state index in [1.54, 1.807) is 14.2 Å². The molecule has 0 spiro atoms. The minimum atomic E-state index is -0.0537. The standard InChI is InChI=1S/C20H26O2/c1-4-5-11-17-16-10-6-8-15-9-7-12-18(19(15)16)20(17,13-21-2)14-22-3/h6-10,12,17H,4-5,11,13-14H2,1-3H3. The van der Waals surface area contributed by atoms with Crippen LogP contribution in [0.5, 0.6) is 0 Å². The van der Waals surface area contributed by atoms with Crippen LogP contribution >= 0.6 is 0 Å². The zero-order chi connectivity index (χ0) is 15.6. The average Bonchev–Trinajstić information content (AvgIpc) is 2.79. The molecular formula is C20H26O2. The molecule has 1 unspecified atom stereocenters. The molecule has 118 valence electrons. The van der Waals surface area contributed by atoms with Gasteiger partial charge in [0.05, 0.1) is 13.2 Å². The molecule has 0 fully saturated rings. The smallest absolute Gasteiger partial charge is 0.0587 e. The first-order chi connectivity index (χ1) is 10.8. The molecule has 3 rings (SSSR count). The van der Waals surface area contributed by atoms with Crippen LogP contribution in [0.4, 0.5) is 0 Å². The van der Waals surface area contributed by atoms with Crippen LogP contribution in [-0.4, -0.2) is 27.4 Å². The fraction of sp³-hybridized carbons (Fsp3) is 0.500. The van der Waals surface area contributed by atoms with E-state index in [9.17, 15) is 0 Å². The Morgan fingerprint density at radius 1 is 1.00 bits per heavy atom. The van der Waals surface area contributed by atoms with Crippen molar-refractivity contribution in [2.75, 3.05) is 27.4 Å². The van der Waals surface area contributed by atoms with Gasteiger partial charge in [-0.2, -0.15) is 0 Å². The Morgan fingerprint density at radius 2 is 1.68 bits per heavy atom. The van der Waals surface area contributed by atoms with Gasteiger partial charge in [-0.05, 0) is 34.2 Å². The summed E-state index contributed by atoms with van der Waals surface area (Å²) in [5.74, 6) is 0.480. The first-order valence-electron chi connectivity index (χ1n) is 8.28. The summed E-state index contributed by atoms with van der Waals surface area (Å²) >= 11 is 0. The van der Waals surface area contributed by atoms with Crippen LogP contribution < -0.4 is 0 Å². The first-order valence-corrected chi connectivity index (χ1v) is 8.28. The van der Waals surface area contributed by atoms with Gasteiger partial charge < -0.3 is 9.47 Å². The molecule has 0 aromatic heterocycles. The summed E-state index contributed by atoms with van der Waals surface area (Å²) in [6.45, 7) is 3.68. The van der Waals surface area contributed by atoms with Crippen LogP contribution in [0.1, 0.15) is 43.2 Å². The predicted octanol–water partition coefficient (Wildman–Crippen LogP) is 4.66. The van der Waals surface area contributed by atoms with Gasteiger partial charge in [0.2, 0.25) is 0 Å². The zero-order valence-corrected chi connectivity index (χ0v) is 13.9. The van der Waals surface area contributed by atoms with E-state index in [0.29, 0.717) is 19.1 Å². The van der Waals surface area contributed by atoms with Crippen molar-refractivity contribution in [1.29, 1.82) is 0 Å². The Morgan fingerprint density at radius 3 is 2.32 bits per heavy atom. The molecule has 2 heteroatoms. The number of methoxy groups -OCH3 is 2. The summed E-state index contributed by atoms with van der Waals surface area (Å²) in [6.07, 6.45) is 3.65. The van der Waals surface area contributed by atoms with Crippen molar-refractivity contribution in [3.63, 3.8) is 0 Å². The number of rotatable bonds is 7. The van der Waals surface area contributed by atoms with Crippen LogP contribution in [0.25, 0.3) is 10.8 Å². The largest absolute Gasteiger partial charge is 0.384 e. The van der Waals surface area contributed by atoms with E-state index in [4.69, 9.17) is 9.47 Å². The topological polar surface area (TPSA) is 18.5 Å². The molecule has 0 saturated carbocycles. The summed E-state index contributed by atoms with van der Waals surface area (Å²) in [7, 11) is 3.61. The summed E-state index contributed by atoms with van der Waals surface area (Å²) in [5.41, 5.74) is 2.84. The predicted molar refractivity (Wildman–Crippen MR) is 91.6 cm³/mol. The van der Waals surface area contributed by atoms with Crippen LogP contribution in [0.15, 0.2) is 36.4 Å². The Bertz CT molecular complexity index is 636. The van der Waals surface area contributed by atoms with Crippen molar-refractivity contribution in [1.82, 2.24) is 0 Å². The molecular weight excluding hydrogens is 272 g/mol. The third-order valence-corrected chi connectivity index (χ3v) is 5.17. The normalized spacial score (nSPS) is 19.0. The minimum Gasteiger partial charge on any atom is -0.384 e. The molecule has 2 aromatic rings. The lowest BCUT2D eigenvalue weighted by atomic mass is 9.72. The highest BCUT2D eigenvalue weighted by Crippen LogP contribution is 2.53. The molecule has 0 radical (unpaired) electrons. The molecule has 0 aliphatic heterocycles. The number of benzene rings is 2. The van der Waals surface area contributed by atoms with E-state index >= 15 is 0 Å². The van der Waals surface area contributed by atoms with Crippen LogP contribution in [0, 0.1) is 0 Å². The maximum absolute atomic E-state index is 5.67. The van der Waals surface area contributed by atoms with Crippen molar-refractivity contribution >= 4 is 10.8 Å². The van der Waals surface area contributed by atoms with Crippen LogP contribution in [-0.2, 0) is 14.9 Å². The number of unbranched alkanes of at least 4 members (excludes halogenated alkanes) is 1. The van der Waals surface area contributed by atoms with E-state index in [-0.39, 0.29) is 5.41 Å². The second-order valence-electron chi connectivity index (χ2n) is 6.47. The first kappa shape index (κ1) is 15.5. The summed E-state index contributed by atoms with van der Waals surface area (Å²) < 4.78 is 11.3. The fourth-order valence-electron chi connectivity index (χ4n) is 4.31. The van der Waals surface area contributed by atoms with Gasteiger partial charge in [-0.15, -0.1) is 0 Å². The van der Waals surface area contributed by atoms with E-state index in [1.165, 1.54) is 41.2 Å². The van der Waals surface area contributed by atoms with Crippen molar-refractivity contribution < 1.29 is 9.47 Å². The monoisotopic (exact) mass is 298 g/mol. The second-order valence-corrected chi connectivity index (χ2v) is 6.47. The van der Waals surface area contributed by atoms with Crippen molar-refractivity contribution in [3.8, 4) is 0 Å². The lowest BCUT2D eigenvalue weighted by Gasteiger charge is -2.36. The fourth-order valence-corrected chi connectivity index (χ4v) is 4.31. The van der Waals surface area contributed by atoms with Gasteiger partial charge >= 0.3 is 0 Å². The molecule has 0 N–H and O–H groups in total. The summed E-state index contributed by atoms with van der Waals surface area (Å²) in [5, 5.41) is 2.77. The Hall–Kier alpha value is -1.38. The number of ether oxygens (including phenoxy) is 2. The van der Waals surface area contributed by atoms with E-state index in [2.05, 4.69) is 43.3 Å². The maximum Gasteiger partial charge on any atom is 0.0587 e. The molecule has 1 atom stereocenters.